The predicted molar refractivity (Wildman–Crippen MR) is 115 cm³/mol. The zero-order chi connectivity index (χ0) is 28.6. The first-order valence-electron chi connectivity index (χ1n) is 10.3. The quantitative estimate of drug-likeness (QED) is 0.0705. The number of carbonyl (C=O) groups excluding carboxylic acids is 6. The molecule has 16 nitrogen and oxygen atoms in total. The van der Waals surface area contributed by atoms with E-state index in [0.29, 0.717) is 0 Å². The van der Waals surface area contributed by atoms with Crippen LogP contribution in [0.15, 0.2) is 0 Å². The molecule has 0 aromatic heterocycles. The molecule has 0 unspecified atom stereocenters. The Kier molecular flexibility index (Phi) is 17.8. The summed E-state index contributed by atoms with van der Waals surface area (Å²) in [6, 6.07) is -1.37. The van der Waals surface area contributed by atoms with Gasteiger partial charge in [0.2, 0.25) is 0 Å². The van der Waals surface area contributed by atoms with Crippen molar-refractivity contribution in [2.75, 3.05) is 13.2 Å². The van der Waals surface area contributed by atoms with Crippen molar-refractivity contribution in [1.29, 1.82) is 0 Å². The van der Waals surface area contributed by atoms with Crippen LogP contribution in [0.25, 0.3) is 0 Å². The molecular weight excluding hydrogens is 494 g/mol. The predicted octanol–water partition coefficient (Wildman–Crippen LogP) is -4.51. The van der Waals surface area contributed by atoms with Gasteiger partial charge in [-0.1, -0.05) is 0 Å². The molecule has 0 radical (unpaired) electrons. The Morgan fingerprint density at radius 2 is 1.22 bits per heavy atom. The maximum absolute atomic E-state index is 11.3. The summed E-state index contributed by atoms with van der Waals surface area (Å²) in [5, 5.41) is 43.5. The van der Waals surface area contributed by atoms with Crippen LogP contribution in [0.1, 0.15) is 27.7 Å². The Balaban J connectivity index is 0. The van der Waals surface area contributed by atoms with Crippen LogP contribution in [0.5, 0.6) is 0 Å². The fourth-order valence-electron chi connectivity index (χ4n) is 2.41. The van der Waals surface area contributed by atoms with E-state index in [9.17, 15) is 28.8 Å². The average molecular weight is 527 g/mol. The van der Waals surface area contributed by atoms with Gasteiger partial charge >= 0.3 is 23.9 Å². The van der Waals surface area contributed by atoms with Gasteiger partial charge in [0.05, 0.1) is 6.61 Å². The molecule has 0 rings (SSSR count). The van der Waals surface area contributed by atoms with E-state index in [2.05, 4.69) is 0 Å². The van der Waals surface area contributed by atoms with Gasteiger partial charge in [0.1, 0.15) is 43.4 Å². The number of hydrogen-bond donors (Lipinski definition) is 6. The minimum absolute atomic E-state index is 0.0258. The van der Waals surface area contributed by atoms with E-state index < -0.39 is 85.9 Å². The van der Waals surface area contributed by atoms with Crippen LogP contribution >= 0.6 is 0 Å². The zero-order valence-corrected chi connectivity index (χ0v) is 20.1. The monoisotopic (exact) mass is 527 g/mol. The van der Waals surface area contributed by atoms with Gasteiger partial charge in [-0.3, -0.25) is 19.2 Å². The number of carbonyl (C=O) groups is 6. The fraction of sp³-hybridized carbons (Fsp3) is 0.700. The van der Waals surface area contributed by atoms with E-state index in [1.54, 1.807) is 0 Å². The Labute approximate surface area is 205 Å². The first-order chi connectivity index (χ1) is 16.6. The Morgan fingerprint density at radius 3 is 1.58 bits per heavy atom. The van der Waals surface area contributed by atoms with Crippen molar-refractivity contribution in [3.8, 4) is 0 Å². The molecule has 36 heavy (non-hydrogen) atoms. The van der Waals surface area contributed by atoms with Gasteiger partial charge in [0.25, 0.3) is 0 Å². The van der Waals surface area contributed by atoms with Gasteiger partial charge < -0.3 is 59.8 Å². The van der Waals surface area contributed by atoms with Crippen LogP contribution in [-0.4, -0.2) is 124 Å². The largest absolute Gasteiger partial charge is 0.462 e. The molecule has 0 saturated carbocycles. The maximum Gasteiger partial charge on any atom is 0.303 e. The topological polar surface area (TPSA) is 267 Å². The third-order valence-corrected chi connectivity index (χ3v) is 4.02. The summed E-state index contributed by atoms with van der Waals surface area (Å²) < 4.78 is 19.7. The van der Waals surface area contributed by atoms with E-state index in [0.717, 1.165) is 27.7 Å². The summed E-state index contributed by atoms with van der Waals surface area (Å²) >= 11 is 0. The molecule has 208 valence electrons. The molecule has 16 heteroatoms. The molecule has 0 aliphatic heterocycles. The summed E-state index contributed by atoms with van der Waals surface area (Å²) in [5.74, 6) is -3.07. The molecular formula is C20H33NO15. The van der Waals surface area contributed by atoms with E-state index >= 15 is 0 Å². The van der Waals surface area contributed by atoms with Gasteiger partial charge in [0.15, 0.2) is 24.6 Å². The fourth-order valence-corrected chi connectivity index (χ4v) is 2.41. The summed E-state index contributed by atoms with van der Waals surface area (Å²) in [6.07, 6.45) is -10.8. The van der Waals surface area contributed by atoms with Crippen LogP contribution in [0.2, 0.25) is 0 Å². The lowest BCUT2D eigenvalue weighted by Crippen LogP contribution is -2.55. The van der Waals surface area contributed by atoms with Crippen molar-refractivity contribution in [2.45, 2.75) is 76.5 Å². The highest BCUT2D eigenvalue weighted by molar-refractivity contribution is 5.70. The minimum atomic E-state index is -1.79. The van der Waals surface area contributed by atoms with E-state index in [4.69, 9.17) is 50.2 Å². The lowest BCUT2D eigenvalue weighted by atomic mass is 10.0. The van der Waals surface area contributed by atoms with Gasteiger partial charge in [-0.2, -0.15) is 0 Å². The molecule has 0 aromatic rings. The molecule has 0 fully saturated rings. The van der Waals surface area contributed by atoms with Gasteiger partial charge in [-0.15, -0.1) is 0 Å². The minimum Gasteiger partial charge on any atom is -0.462 e. The number of nitrogens with two attached hydrogens (primary N) is 1. The van der Waals surface area contributed by atoms with Crippen LogP contribution in [0.4, 0.5) is 0 Å². The third-order valence-electron chi connectivity index (χ3n) is 4.02. The number of aliphatic hydroxyl groups is 5. The van der Waals surface area contributed by atoms with Gasteiger partial charge in [-0.05, 0) is 0 Å². The van der Waals surface area contributed by atoms with E-state index in [1.165, 1.54) is 0 Å². The number of ether oxygens (including phenoxy) is 4. The molecule has 0 aliphatic carbocycles. The summed E-state index contributed by atoms with van der Waals surface area (Å²) in [4.78, 5) is 65.7. The van der Waals surface area contributed by atoms with Gasteiger partial charge in [-0.25, -0.2) is 0 Å². The van der Waals surface area contributed by atoms with Crippen molar-refractivity contribution in [3.05, 3.63) is 0 Å². The SMILES string of the molecule is CC(=O)OC[C@@H](OC(C)=O)[C@@H](OC(C)=O)[C@H](OC(C)=O)[C@@H](N)C=O.O=C[C@@H](O)[C@@H](O)[C@H](O)[C@H](O)CO. The lowest BCUT2D eigenvalue weighted by Gasteiger charge is -2.32. The Bertz CT molecular complexity index is 730. The first-order valence-corrected chi connectivity index (χ1v) is 10.3. The molecule has 0 spiro atoms. The van der Waals surface area contributed by atoms with E-state index in [1.807, 2.05) is 0 Å². The zero-order valence-electron chi connectivity index (χ0n) is 20.1. The van der Waals surface area contributed by atoms with E-state index in [-0.39, 0.29) is 12.6 Å². The first kappa shape index (κ1) is 35.1. The number of aldehydes is 2. The second-order valence-corrected chi connectivity index (χ2v) is 7.17. The maximum atomic E-state index is 11.3. The molecule has 0 aromatic carbocycles. The summed E-state index contributed by atoms with van der Waals surface area (Å²) in [7, 11) is 0. The number of aliphatic hydroxyl groups excluding tert-OH is 5. The molecule has 0 amide bonds. The third kappa shape index (κ3) is 14.4. The van der Waals surface area contributed by atoms with Gasteiger partial charge in [0, 0.05) is 27.7 Å². The molecule has 8 atom stereocenters. The van der Waals surface area contributed by atoms with Crippen LogP contribution < -0.4 is 5.73 Å². The number of hydrogen-bond acceptors (Lipinski definition) is 16. The van der Waals surface area contributed by atoms with Crippen molar-refractivity contribution < 1.29 is 73.2 Å². The van der Waals surface area contributed by atoms with Crippen molar-refractivity contribution in [2.24, 2.45) is 5.73 Å². The molecule has 7 N–H and O–H groups in total. The smallest absolute Gasteiger partial charge is 0.303 e. The number of rotatable bonds is 14. The second-order valence-electron chi connectivity index (χ2n) is 7.17. The lowest BCUT2D eigenvalue weighted by molar-refractivity contribution is -0.190. The van der Waals surface area contributed by atoms with Crippen molar-refractivity contribution in [1.82, 2.24) is 0 Å². The highest BCUT2D eigenvalue weighted by Crippen LogP contribution is 2.16. The normalized spacial score (nSPS) is 17.2. The Morgan fingerprint density at radius 1 is 0.750 bits per heavy atom. The number of esters is 4. The van der Waals surface area contributed by atoms with Crippen LogP contribution in [-0.2, 0) is 47.7 Å². The summed E-state index contributed by atoms with van der Waals surface area (Å²) in [5.41, 5.74) is 5.58. The van der Waals surface area contributed by atoms with Crippen molar-refractivity contribution in [3.63, 3.8) is 0 Å². The molecule has 0 heterocycles. The van der Waals surface area contributed by atoms with Crippen molar-refractivity contribution >= 4 is 36.4 Å². The average Bonchev–Trinajstić information content (AvgIpc) is 2.81. The molecule has 0 bridgehead atoms. The van der Waals surface area contributed by atoms with Crippen LogP contribution in [0, 0.1) is 0 Å². The molecule has 0 saturated heterocycles. The summed E-state index contributed by atoms with van der Waals surface area (Å²) in [6.45, 7) is 3.06. The highest BCUT2D eigenvalue weighted by atomic mass is 16.6. The van der Waals surface area contributed by atoms with Crippen LogP contribution in [0.3, 0.4) is 0 Å². The second kappa shape index (κ2) is 18.3. The standard InChI is InChI=1S/C14H21NO9.C6H12O6/c1-7(17)21-6-12(22-8(2)18)14(24-10(4)20)13(11(15)5-16)23-9(3)19;7-1-3(9)5(11)6(12)4(10)2-8/h5,11-14H,6,15H2,1-4H3;1,3-6,8-12H,2H2/t11-,12+,13+,14+;3-,4-,5-,6-/m01/s1. The highest BCUT2D eigenvalue weighted by Gasteiger charge is 2.41. The molecule has 0 aliphatic rings. The Hall–Kier alpha value is -3.02.